The van der Waals surface area contributed by atoms with Crippen LogP contribution >= 0.6 is 0 Å². The van der Waals surface area contributed by atoms with Crippen LogP contribution in [0.25, 0.3) is 6.08 Å². The number of nitrogens with one attached hydrogen (secondary N) is 1. The summed E-state index contributed by atoms with van der Waals surface area (Å²) in [6, 6.07) is 4.04. The Morgan fingerprint density at radius 1 is 1.38 bits per heavy atom. The largest absolute Gasteiger partial charge is 0.465 e. The van der Waals surface area contributed by atoms with Crippen molar-refractivity contribution in [2.24, 2.45) is 0 Å². The van der Waals surface area contributed by atoms with Crippen LogP contribution in [0.4, 0.5) is 5.69 Å². The van der Waals surface area contributed by atoms with Gasteiger partial charge < -0.3 is 10.1 Å². The van der Waals surface area contributed by atoms with Crippen molar-refractivity contribution in [1.82, 2.24) is 5.32 Å². The number of non-ortho nitro benzene ring substituents is 1. The highest BCUT2D eigenvalue weighted by atomic mass is 16.6. The second-order valence-corrected chi connectivity index (χ2v) is 4.24. The van der Waals surface area contributed by atoms with E-state index in [1.54, 1.807) is 12.2 Å². The van der Waals surface area contributed by atoms with Gasteiger partial charge in [-0.15, -0.1) is 0 Å². The van der Waals surface area contributed by atoms with Gasteiger partial charge in [0.1, 0.15) is 0 Å². The van der Waals surface area contributed by atoms with Gasteiger partial charge in [-0.1, -0.05) is 12.2 Å². The molecular weight excluding hydrogens is 276 g/mol. The standard InChI is InChI=1S/C14H16N2O5/c1-10(17)15-6-4-3-5-11-7-12(14(18)21-2)9-13(8-11)16(19)20/h3,5,7-9H,4,6H2,1-2H3,(H,15,17). The Morgan fingerprint density at radius 3 is 2.67 bits per heavy atom. The minimum Gasteiger partial charge on any atom is -0.465 e. The third-order valence-electron chi connectivity index (χ3n) is 2.57. The number of carbonyl (C=O) groups excluding carboxylic acids is 2. The summed E-state index contributed by atoms with van der Waals surface area (Å²) in [6.07, 6.45) is 3.99. The molecule has 0 aliphatic carbocycles. The van der Waals surface area contributed by atoms with E-state index in [0.29, 0.717) is 18.5 Å². The molecule has 0 heterocycles. The van der Waals surface area contributed by atoms with Gasteiger partial charge in [-0.25, -0.2) is 4.79 Å². The summed E-state index contributed by atoms with van der Waals surface area (Å²) in [5, 5.41) is 13.5. The maximum absolute atomic E-state index is 11.5. The van der Waals surface area contributed by atoms with E-state index < -0.39 is 10.9 Å². The molecule has 1 rings (SSSR count). The molecule has 0 radical (unpaired) electrons. The van der Waals surface area contributed by atoms with Crippen molar-refractivity contribution >= 4 is 23.6 Å². The normalized spacial score (nSPS) is 10.4. The Hall–Kier alpha value is -2.70. The molecule has 112 valence electrons. The fourth-order valence-corrected chi connectivity index (χ4v) is 1.62. The maximum Gasteiger partial charge on any atom is 0.338 e. The van der Waals surface area contributed by atoms with Crippen LogP contribution in [0.1, 0.15) is 29.3 Å². The molecule has 1 aromatic rings. The van der Waals surface area contributed by atoms with Gasteiger partial charge in [0.25, 0.3) is 5.69 Å². The zero-order chi connectivity index (χ0) is 15.8. The summed E-state index contributed by atoms with van der Waals surface area (Å²) >= 11 is 0. The van der Waals surface area contributed by atoms with Gasteiger partial charge in [0, 0.05) is 25.6 Å². The first-order chi connectivity index (χ1) is 9.93. The second-order valence-electron chi connectivity index (χ2n) is 4.24. The van der Waals surface area contributed by atoms with Gasteiger partial charge in [0.15, 0.2) is 0 Å². The van der Waals surface area contributed by atoms with Gasteiger partial charge in [-0.3, -0.25) is 14.9 Å². The van der Waals surface area contributed by atoms with E-state index in [1.165, 1.54) is 32.2 Å². The van der Waals surface area contributed by atoms with Crippen LogP contribution in [0.3, 0.4) is 0 Å². The van der Waals surface area contributed by atoms with Gasteiger partial charge in [-0.05, 0) is 18.1 Å². The lowest BCUT2D eigenvalue weighted by molar-refractivity contribution is -0.384. The lowest BCUT2D eigenvalue weighted by Gasteiger charge is -2.02. The molecule has 0 unspecified atom stereocenters. The summed E-state index contributed by atoms with van der Waals surface area (Å²) in [5.41, 5.74) is 0.458. The molecule has 0 saturated heterocycles. The lowest BCUT2D eigenvalue weighted by Crippen LogP contribution is -2.20. The van der Waals surface area contributed by atoms with Crippen LogP contribution in [0.5, 0.6) is 0 Å². The fraction of sp³-hybridized carbons (Fsp3) is 0.286. The van der Waals surface area contributed by atoms with E-state index in [-0.39, 0.29) is 17.2 Å². The number of amides is 1. The Balaban J connectivity index is 2.87. The van der Waals surface area contributed by atoms with E-state index in [2.05, 4.69) is 10.1 Å². The van der Waals surface area contributed by atoms with Crippen molar-refractivity contribution in [1.29, 1.82) is 0 Å². The first-order valence-corrected chi connectivity index (χ1v) is 6.23. The molecule has 0 saturated carbocycles. The highest BCUT2D eigenvalue weighted by molar-refractivity contribution is 5.91. The zero-order valence-corrected chi connectivity index (χ0v) is 11.8. The van der Waals surface area contributed by atoms with Crippen molar-refractivity contribution in [2.45, 2.75) is 13.3 Å². The number of rotatable bonds is 6. The smallest absolute Gasteiger partial charge is 0.338 e. The number of methoxy groups -OCH3 is 1. The minimum absolute atomic E-state index is 0.119. The Labute approximate surface area is 121 Å². The molecule has 7 heteroatoms. The number of hydrogen-bond acceptors (Lipinski definition) is 5. The molecule has 1 amide bonds. The second kappa shape index (κ2) is 7.78. The quantitative estimate of drug-likeness (QED) is 0.374. The van der Waals surface area contributed by atoms with Crippen LogP contribution in [-0.4, -0.2) is 30.5 Å². The minimum atomic E-state index is -0.633. The zero-order valence-electron chi connectivity index (χ0n) is 11.8. The monoisotopic (exact) mass is 292 g/mol. The number of hydrogen-bond donors (Lipinski definition) is 1. The van der Waals surface area contributed by atoms with Gasteiger partial charge >= 0.3 is 5.97 Å². The Kier molecular flexibility index (Phi) is 6.06. The molecule has 1 N–H and O–H groups in total. The molecular formula is C14H16N2O5. The van der Waals surface area contributed by atoms with Gasteiger partial charge in [0.2, 0.25) is 5.91 Å². The molecule has 0 atom stereocenters. The summed E-state index contributed by atoms with van der Waals surface area (Å²) < 4.78 is 4.56. The molecule has 0 spiro atoms. The van der Waals surface area contributed by atoms with Crippen molar-refractivity contribution < 1.29 is 19.2 Å². The van der Waals surface area contributed by atoms with E-state index >= 15 is 0 Å². The topological polar surface area (TPSA) is 98.5 Å². The molecule has 0 aliphatic heterocycles. The summed E-state index contributed by atoms with van der Waals surface area (Å²) in [5.74, 6) is -0.752. The van der Waals surface area contributed by atoms with E-state index in [0.717, 1.165) is 0 Å². The SMILES string of the molecule is COC(=O)c1cc(C=CCCNC(C)=O)cc([N+](=O)[O-])c1. The predicted octanol–water partition coefficient (Wildman–Crippen LogP) is 1.92. The number of ether oxygens (including phenoxy) is 1. The molecule has 21 heavy (non-hydrogen) atoms. The molecule has 1 aromatic carbocycles. The van der Waals surface area contributed by atoms with E-state index in [9.17, 15) is 19.7 Å². The first-order valence-electron chi connectivity index (χ1n) is 6.23. The third-order valence-corrected chi connectivity index (χ3v) is 2.57. The number of nitro groups is 1. The Bertz CT molecular complexity index is 581. The first kappa shape index (κ1) is 16.4. The van der Waals surface area contributed by atoms with Crippen molar-refractivity contribution in [3.63, 3.8) is 0 Å². The van der Waals surface area contributed by atoms with Gasteiger partial charge in [-0.2, -0.15) is 0 Å². The highest BCUT2D eigenvalue weighted by Gasteiger charge is 2.13. The number of benzene rings is 1. The van der Waals surface area contributed by atoms with Crippen molar-refractivity contribution in [2.75, 3.05) is 13.7 Å². The highest BCUT2D eigenvalue weighted by Crippen LogP contribution is 2.19. The number of nitro benzene ring substituents is 1. The van der Waals surface area contributed by atoms with Crippen LogP contribution in [0, 0.1) is 10.1 Å². The summed E-state index contributed by atoms with van der Waals surface area (Å²) in [6.45, 7) is 1.90. The Morgan fingerprint density at radius 2 is 2.10 bits per heavy atom. The predicted molar refractivity (Wildman–Crippen MR) is 76.8 cm³/mol. The molecule has 7 nitrogen and oxygen atoms in total. The summed E-state index contributed by atoms with van der Waals surface area (Å²) in [4.78, 5) is 32.4. The number of nitrogens with zero attached hydrogens (tertiary/aromatic N) is 1. The average Bonchev–Trinajstić information content (AvgIpc) is 2.45. The molecule has 0 fully saturated rings. The molecule has 0 aromatic heterocycles. The van der Waals surface area contributed by atoms with Crippen LogP contribution in [0.15, 0.2) is 24.3 Å². The average molecular weight is 292 g/mol. The lowest BCUT2D eigenvalue weighted by atomic mass is 10.1. The van der Waals surface area contributed by atoms with E-state index in [4.69, 9.17) is 0 Å². The molecule has 0 bridgehead atoms. The van der Waals surface area contributed by atoms with Crippen molar-refractivity contribution in [3.05, 3.63) is 45.5 Å². The van der Waals surface area contributed by atoms with E-state index in [1.807, 2.05) is 0 Å². The third kappa shape index (κ3) is 5.43. The summed E-state index contributed by atoms with van der Waals surface area (Å²) in [7, 11) is 1.21. The van der Waals surface area contributed by atoms with Crippen LogP contribution in [0.2, 0.25) is 0 Å². The number of carbonyl (C=O) groups is 2. The number of esters is 1. The molecule has 0 aliphatic rings. The van der Waals surface area contributed by atoms with Crippen LogP contribution in [-0.2, 0) is 9.53 Å². The van der Waals surface area contributed by atoms with Gasteiger partial charge in [0.05, 0.1) is 17.6 Å². The van der Waals surface area contributed by atoms with Crippen molar-refractivity contribution in [3.8, 4) is 0 Å². The van der Waals surface area contributed by atoms with Crippen LogP contribution < -0.4 is 5.32 Å². The fourth-order valence-electron chi connectivity index (χ4n) is 1.62. The maximum atomic E-state index is 11.5.